The molecular formula is C17H24N2O3S. The summed E-state index contributed by atoms with van der Waals surface area (Å²) in [6.45, 7) is 3.03. The Morgan fingerprint density at radius 2 is 1.87 bits per heavy atom. The number of benzene rings is 1. The molecule has 2 aliphatic rings. The molecule has 1 heterocycles. The van der Waals surface area contributed by atoms with Crippen molar-refractivity contribution in [3.05, 3.63) is 35.4 Å². The lowest BCUT2D eigenvalue weighted by atomic mass is 9.81. The Balaban J connectivity index is 1.69. The van der Waals surface area contributed by atoms with Crippen LogP contribution in [0.15, 0.2) is 24.3 Å². The van der Waals surface area contributed by atoms with Gasteiger partial charge in [-0.15, -0.1) is 0 Å². The lowest BCUT2D eigenvalue weighted by Crippen LogP contribution is -2.42. The van der Waals surface area contributed by atoms with Crippen molar-refractivity contribution >= 4 is 15.9 Å². The third kappa shape index (κ3) is 3.37. The molecular weight excluding hydrogens is 312 g/mol. The van der Waals surface area contributed by atoms with Gasteiger partial charge in [0.05, 0.1) is 11.3 Å². The van der Waals surface area contributed by atoms with Crippen molar-refractivity contribution in [3.63, 3.8) is 0 Å². The first kappa shape index (κ1) is 16.3. The molecule has 1 fully saturated rings. The van der Waals surface area contributed by atoms with Crippen LogP contribution in [0.25, 0.3) is 0 Å². The van der Waals surface area contributed by atoms with E-state index in [9.17, 15) is 13.2 Å². The third-order valence-electron chi connectivity index (χ3n) is 5.13. The normalized spacial score (nSPS) is 27.6. The van der Waals surface area contributed by atoms with Crippen LogP contribution < -0.4 is 5.32 Å². The van der Waals surface area contributed by atoms with Gasteiger partial charge in [0.1, 0.15) is 0 Å². The van der Waals surface area contributed by atoms with E-state index in [0.29, 0.717) is 25.4 Å². The zero-order valence-corrected chi connectivity index (χ0v) is 14.5. The van der Waals surface area contributed by atoms with E-state index in [1.807, 2.05) is 12.1 Å². The quantitative estimate of drug-likeness (QED) is 0.902. The Morgan fingerprint density at radius 3 is 2.52 bits per heavy atom. The Labute approximate surface area is 138 Å². The highest BCUT2D eigenvalue weighted by Crippen LogP contribution is 2.37. The topological polar surface area (TPSA) is 66.5 Å². The molecule has 0 aromatic heterocycles. The molecule has 5 nitrogen and oxygen atoms in total. The van der Waals surface area contributed by atoms with Gasteiger partial charge in [-0.25, -0.2) is 13.2 Å². The number of sulfone groups is 1. The van der Waals surface area contributed by atoms with Crippen LogP contribution in [0.4, 0.5) is 4.79 Å². The Bertz CT molecular complexity index is 702. The van der Waals surface area contributed by atoms with Crippen molar-refractivity contribution in [2.75, 3.05) is 19.3 Å². The van der Waals surface area contributed by atoms with Gasteiger partial charge in [-0.05, 0) is 36.3 Å². The number of hydrogen-bond donors (Lipinski definition) is 1. The Hall–Kier alpha value is -1.56. The summed E-state index contributed by atoms with van der Waals surface area (Å²) in [6.07, 6.45) is 3.75. The van der Waals surface area contributed by atoms with Crippen LogP contribution in [0, 0.1) is 0 Å². The first-order valence-corrected chi connectivity index (χ1v) is 10.1. The second-order valence-electron chi connectivity index (χ2n) is 6.80. The van der Waals surface area contributed by atoms with E-state index in [0.717, 1.165) is 12.8 Å². The SMILES string of the molecule is C[C@@H]1CC[C@@H](NC(=O)N2CC[C@H](S(C)(=O)=O)C2)c2ccccc21. The van der Waals surface area contributed by atoms with E-state index in [1.165, 1.54) is 17.4 Å². The highest BCUT2D eigenvalue weighted by atomic mass is 32.2. The van der Waals surface area contributed by atoms with Crippen molar-refractivity contribution in [3.8, 4) is 0 Å². The van der Waals surface area contributed by atoms with Gasteiger partial charge in [0.25, 0.3) is 0 Å². The molecule has 1 saturated heterocycles. The van der Waals surface area contributed by atoms with Crippen molar-refractivity contribution in [2.45, 2.75) is 43.4 Å². The standard InChI is InChI=1S/C17H24N2O3S/c1-12-7-8-16(15-6-4-3-5-14(12)15)18-17(20)19-10-9-13(11-19)23(2,21)22/h3-6,12-13,16H,7-11H2,1-2H3,(H,18,20)/t12-,13+,16-/m1/s1. The van der Waals surface area contributed by atoms with Crippen LogP contribution >= 0.6 is 0 Å². The molecule has 0 saturated carbocycles. The van der Waals surface area contributed by atoms with E-state index in [2.05, 4.69) is 24.4 Å². The van der Waals surface area contributed by atoms with Crippen molar-refractivity contribution in [1.82, 2.24) is 10.2 Å². The maximum Gasteiger partial charge on any atom is 0.317 e. The fraction of sp³-hybridized carbons (Fsp3) is 0.588. The van der Waals surface area contributed by atoms with Gasteiger partial charge in [-0.2, -0.15) is 0 Å². The number of nitrogens with one attached hydrogen (secondary N) is 1. The van der Waals surface area contributed by atoms with Crippen LogP contribution in [-0.4, -0.2) is 43.9 Å². The summed E-state index contributed by atoms with van der Waals surface area (Å²) in [4.78, 5) is 14.1. The summed E-state index contributed by atoms with van der Waals surface area (Å²) in [5, 5.41) is 2.68. The van der Waals surface area contributed by atoms with Gasteiger partial charge in [0, 0.05) is 19.3 Å². The second kappa shape index (κ2) is 6.15. The van der Waals surface area contributed by atoms with Gasteiger partial charge in [0.2, 0.25) is 0 Å². The molecule has 3 rings (SSSR count). The number of hydrogen-bond acceptors (Lipinski definition) is 3. The Kier molecular flexibility index (Phi) is 4.36. The number of amides is 2. The van der Waals surface area contributed by atoms with Gasteiger partial charge < -0.3 is 10.2 Å². The van der Waals surface area contributed by atoms with Gasteiger partial charge in [-0.3, -0.25) is 0 Å². The number of likely N-dealkylation sites (tertiary alicyclic amines) is 1. The second-order valence-corrected chi connectivity index (χ2v) is 9.12. The van der Waals surface area contributed by atoms with Crippen molar-refractivity contribution in [1.29, 1.82) is 0 Å². The zero-order chi connectivity index (χ0) is 16.6. The molecule has 0 bridgehead atoms. The van der Waals surface area contributed by atoms with E-state index in [1.54, 1.807) is 4.90 Å². The van der Waals surface area contributed by atoms with Crippen molar-refractivity contribution in [2.24, 2.45) is 0 Å². The van der Waals surface area contributed by atoms with Crippen LogP contribution in [-0.2, 0) is 9.84 Å². The van der Waals surface area contributed by atoms with Crippen LogP contribution in [0.3, 0.4) is 0 Å². The average molecular weight is 336 g/mol. The lowest BCUT2D eigenvalue weighted by molar-refractivity contribution is 0.203. The summed E-state index contributed by atoms with van der Waals surface area (Å²) >= 11 is 0. The number of rotatable bonds is 2. The monoisotopic (exact) mass is 336 g/mol. The molecule has 1 aliphatic heterocycles. The molecule has 1 aromatic carbocycles. The van der Waals surface area contributed by atoms with Gasteiger partial charge in [-0.1, -0.05) is 31.2 Å². The van der Waals surface area contributed by atoms with Gasteiger partial charge >= 0.3 is 6.03 Å². The van der Waals surface area contributed by atoms with E-state index in [4.69, 9.17) is 0 Å². The molecule has 3 atom stereocenters. The minimum absolute atomic E-state index is 0.0205. The summed E-state index contributed by atoms with van der Waals surface area (Å²) in [7, 11) is -3.08. The average Bonchev–Trinajstić information content (AvgIpc) is 3.00. The molecule has 1 aliphatic carbocycles. The summed E-state index contributed by atoms with van der Waals surface area (Å²) in [5.41, 5.74) is 2.50. The maximum absolute atomic E-state index is 12.5. The van der Waals surface area contributed by atoms with E-state index < -0.39 is 15.1 Å². The number of fused-ring (bicyclic) bond motifs is 1. The third-order valence-corrected chi connectivity index (χ3v) is 6.72. The predicted molar refractivity (Wildman–Crippen MR) is 90.2 cm³/mol. The molecule has 0 spiro atoms. The summed E-state index contributed by atoms with van der Waals surface area (Å²) in [5.74, 6) is 0.515. The fourth-order valence-electron chi connectivity index (χ4n) is 3.66. The summed E-state index contributed by atoms with van der Waals surface area (Å²) in [6, 6.07) is 8.13. The highest BCUT2D eigenvalue weighted by Gasteiger charge is 2.34. The van der Waals surface area contributed by atoms with Crippen LogP contribution in [0.5, 0.6) is 0 Å². The molecule has 1 N–H and O–H groups in total. The smallest absolute Gasteiger partial charge is 0.317 e. The zero-order valence-electron chi connectivity index (χ0n) is 13.7. The first-order chi connectivity index (χ1) is 10.9. The molecule has 23 heavy (non-hydrogen) atoms. The molecule has 2 amide bonds. The summed E-state index contributed by atoms with van der Waals surface area (Å²) < 4.78 is 23.3. The van der Waals surface area contributed by atoms with Gasteiger partial charge in [0.15, 0.2) is 9.84 Å². The van der Waals surface area contributed by atoms with Crippen molar-refractivity contribution < 1.29 is 13.2 Å². The molecule has 0 radical (unpaired) electrons. The number of urea groups is 1. The fourth-order valence-corrected chi connectivity index (χ4v) is 4.64. The first-order valence-electron chi connectivity index (χ1n) is 8.19. The molecule has 0 unspecified atom stereocenters. The minimum Gasteiger partial charge on any atom is -0.331 e. The molecule has 6 heteroatoms. The molecule has 126 valence electrons. The lowest BCUT2D eigenvalue weighted by Gasteiger charge is -2.31. The van der Waals surface area contributed by atoms with E-state index >= 15 is 0 Å². The van der Waals surface area contributed by atoms with Crippen LogP contribution in [0.1, 0.15) is 49.3 Å². The minimum atomic E-state index is -3.08. The Morgan fingerprint density at radius 1 is 1.17 bits per heavy atom. The highest BCUT2D eigenvalue weighted by molar-refractivity contribution is 7.91. The largest absolute Gasteiger partial charge is 0.331 e. The van der Waals surface area contributed by atoms with Crippen LogP contribution in [0.2, 0.25) is 0 Å². The predicted octanol–water partition coefficient (Wildman–Crippen LogP) is 2.45. The van der Waals surface area contributed by atoms with E-state index in [-0.39, 0.29) is 12.1 Å². The molecule has 1 aromatic rings. The number of nitrogens with zero attached hydrogens (tertiary/aromatic N) is 1. The maximum atomic E-state index is 12.5. The number of carbonyl (C=O) groups is 1. The number of carbonyl (C=O) groups excluding carboxylic acids is 1.